The largest absolute Gasteiger partial charge is 0.465 e. The van der Waals surface area contributed by atoms with Gasteiger partial charge in [-0.3, -0.25) is 0 Å². The van der Waals surface area contributed by atoms with Crippen LogP contribution in [0, 0.1) is 11.3 Å². The number of ether oxygens (including phenoxy) is 1. The van der Waals surface area contributed by atoms with Gasteiger partial charge in [0.1, 0.15) is 21.5 Å². The van der Waals surface area contributed by atoms with Gasteiger partial charge in [-0.15, -0.1) is 11.3 Å². The summed E-state index contributed by atoms with van der Waals surface area (Å²) < 4.78 is 4.77. The van der Waals surface area contributed by atoms with Gasteiger partial charge in [-0.05, 0) is 12.8 Å². The molecule has 0 aliphatic rings. The fourth-order valence-corrected chi connectivity index (χ4v) is 2.95. The van der Waals surface area contributed by atoms with Gasteiger partial charge in [-0.2, -0.15) is 5.26 Å². The lowest BCUT2D eigenvalue weighted by atomic mass is 10.2. The third-order valence-electron chi connectivity index (χ3n) is 2.69. The van der Waals surface area contributed by atoms with Crippen molar-refractivity contribution in [3.63, 3.8) is 0 Å². The highest BCUT2D eigenvalue weighted by Gasteiger charge is 2.25. The molecular formula is C13H19N3O2S. The van der Waals surface area contributed by atoms with Gasteiger partial charge < -0.3 is 15.4 Å². The van der Waals surface area contributed by atoms with Crippen molar-refractivity contribution in [1.82, 2.24) is 0 Å². The molecule has 0 fully saturated rings. The van der Waals surface area contributed by atoms with Gasteiger partial charge in [0.05, 0.1) is 12.8 Å². The molecule has 1 heterocycles. The van der Waals surface area contributed by atoms with E-state index in [0.717, 1.165) is 30.9 Å². The number of carbonyl (C=O) groups is 1. The van der Waals surface area contributed by atoms with Crippen molar-refractivity contribution in [3.8, 4) is 6.07 Å². The summed E-state index contributed by atoms with van der Waals surface area (Å²) in [7, 11) is 1.32. The molecule has 1 rings (SSSR count). The van der Waals surface area contributed by atoms with E-state index in [0.29, 0.717) is 10.4 Å². The second-order valence-corrected chi connectivity index (χ2v) is 5.11. The van der Waals surface area contributed by atoms with Crippen LogP contribution in [0.4, 0.5) is 10.7 Å². The lowest BCUT2D eigenvalue weighted by Crippen LogP contribution is -2.25. The first-order valence-corrected chi connectivity index (χ1v) is 7.07. The van der Waals surface area contributed by atoms with Gasteiger partial charge in [-0.1, -0.05) is 13.8 Å². The van der Waals surface area contributed by atoms with E-state index in [4.69, 9.17) is 15.7 Å². The van der Waals surface area contributed by atoms with Crippen molar-refractivity contribution >= 4 is 28.0 Å². The van der Waals surface area contributed by atoms with Crippen LogP contribution in [-0.4, -0.2) is 26.2 Å². The number of hydrogen-bond donors (Lipinski definition) is 1. The molecule has 0 radical (unpaired) electrons. The molecule has 0 bridgehead atoms. The van der Waals surface area contributed by atoms with Crippen molar-refractivity contribution < 1.29 is 9.53 Å². The summed E-state index contributed by atoms with van der Waals surface area (Å²) in [5, 5.41) is 9.80. The first-order valence-electron chi connectivity index (χ1n) is 6.26. The Kier molecular flexibility index (Phi) is 5.64. The Morgan fingerprint density at radius 3 is 2.42 bits per heavy atom. The molecule has 0 spiro atoms. The molecule has 104 valence electrons. The van der Waals surface area contributed by atoms with Crippen LogP contribution in [0.1, 0.15) is 41.9 Å². The van der Waals surface area contributed by atoms with Gasteiger partial charge >= 0.3 is 5.97 Å². The number of hydrogen-bond acceptors (Lipinski definition) is 6. The van der Waals surface area contributed by atoms with Gasteiger partial charge in [0.15, 0.2) is 0 Å². The molecule has 0 saturated carbocycles. The van der Waals surface area contributed by atoms with Crippen molar-refractivity contribution in [2.45, 2.75) is 26.7 Å². The number of methoxy groups -OCH3 is 1. The topological polar surface area (TPSA) is 79.4 Å². The summed E-state index contributed by atoms with van der Waals surface area (Å²) in [6, 6.07) is 2.03. The molecule has 0 aliphatic carbocycles. The van der Waals surface area contributed by atoms with Crippen LogP contribution < -0.4 is 10.6 Å². The molecule has 1 aromatic heterocycles. The molecule has 0 aromatic carbocycles. The van der Waals surface area contributed by atoms with Crippen LogP contribution in [0.2, 0.25) is 0 Å². The monoisotopic (exact) mass is 281 g/mol. The Morgan fingerprint density at radius 2 is 2.00 bits per heavy atom. The molecule has 0 unspecified atom stereocenters. The average molecular weight is 281 g/mol. The minimum atomic E-state index is -0.484. The smallest absolute Gasteiger partial charge is 0.343 e. The molecule has 0 saturated heterocycles. The molecule has 6 heteroatoms. The molecule has 0 aliphatic heterocycles. The number of anilines is 2. The maximum atomic E-state index is 11.9. The van der Waals surface area contributed by atoms with Crippen molar-refractivity contribution in [2.24, 2.45) is 0 Å². The fraction of sp³-hybridized carbons (Fsp3) is 0.538. The molecule has 5 nitrogen and oxygen atoms in total. The lowest BCUT2D eigenvalue weighted by molar-refractivity contribution is 0.0603. The molecular weight excluding hydrogens is 262 g/mol. The number of nitrogen functional groups attached to an aromatic ring is 1. The minimum Gasteiger partial charge on any atom is -0.465 e. The maximum Gasteiger partial charge on any atom is 0.343 e. The van der Waals surface area contributed by atoms with E-state index in [2.05, 4.69) is 18.7 Å². The minimum absolute atomic E-state index is 0.228. The second-order valence-electron chi connectivity index (χ2n) is 4.12. The van der Waals surface area contributed by atoms with Crippen LogP contribution in [0.25, 0.3) is 0 Å². The first kappa shape index (κ1) is 15.3. The predicted octanol–water partition coefficient (Wildman–Crippen LogP) is 2.61. The summed E-state index contributed by atoms with van der Waals surface area (Å²) in [5.41, 5.74) is 6.43. The summed E-state index contributed by atoms with van der Waals surface area (Å²) >= 11 is 1.26. The first-order chi connectivity index (χ1) is 9.10. The number of esters is 1. The van der Waals surface area contributed by atoms with Gasteiger partial charge in [-0.25, -0.2) is 4.79 Å². The van der Waals surface area contributed by atoms with Crippen LogP contribution in [-0.2, 0) is 4.74 Å². The SMILES string of the molecule is CCCN(CCC)c1sc(C#N)c(N)c1C(=O)OC. The van der Waals surface area contributed by atoms with Crippen LogP contribution in [0.15, 0.2) is 0 Å². The Morgan fingerprint density at radius 1 is 1.42 bits per heavy atom. The lowest BCUT2D eigenvalue weighted by Gasteiger charge is -2.22. The third-order valence-corrected chi connectivity index (χ3v) is 3.86. The highest BCUT2D eigenvalue weighted by atomic mass is 32.1. The summed E-state index contributed by atoms with van der Waals surface area (Å²) in [5.74, 6) is -0.484. The van der Waals surface area contributed by atoms with Crippen LogP contribution in [0.5, 0.6) is 0 Å². The second kappa shape index (κ2) is 7.00. The summed E-state index contributed by atoms with van der Waals surface area (Å²) in [6.07, 6.45) is 1.92. The normalized spacial score (nSPS) is 10.0. The highest BCUT2D eigenvalue weighted by molar-refractivity contribution is 7.17. The van der Waals surface area contributed by atoms with Gasteiger partial charge in [0.2, 0.25) is 0 Å². The molecule has 0 atom stereocenters. The van der Waals surface area contributed by atoms with Crippen molar-refractivity contribution in [2.75, 3.05) is 30.8 Å². The average Bonchev–Trinajstić information content (AvgIpc) is 2.74. The highest BCUT2D eigenvalue weighted by Crippen LogP contribution is 2.38. The van der Waals surface area contributed by atoms with E-state index in [1.807, 2.05) is 6.07 Å². The molecule has 2 N–H and O–H groups in total. The number of nitrogens with zero attached hydrogens (tertiary/aromatic N) is 2. The van der Waals surface area contributed by atoms with Gasteiger partial charge in [0.25, 0.3) is 0 Å². The third kappa shape index (κ3) is 3.18. The van der Waals surface area contributed by atoms with Crippen LogP contribution in [0.3, 0.4) is 0 Å². The Labute approximate surface area is 117 Å². The zero-order valence-corrected chi connectivity index (χ0v) is 12.3. The number of rotatable bonds is 6. The quantitative estimate of drug-likeness (QED) is 0.811. The van der Waals surface area contributed by atoms with E-state index >= 15 is 0 Å². The predicted molar refractivity (Wildman–Crippen MR) is 77.6 cm³/mol. The standard InChI is InChI=1S/C13H19N3O2S/c1-4-6-16(7-5-2)12-10(13(17)18-3)11(15)9(8-14)19-12/h4-7,15H2,1-3H3. The van der Waals surface area contributed by atoms with Crippen molar-refractivity contribution in [3.05, 3.63) is 10.4 Å². The number of carbonyl (C=O) groups excluding carboxylic acids is 1. The number of nitriles is 1. The van der Waals surface area contributed by atoms with E-state index in [1.165, 1.54) is 18.4 Å². The molecule has 19 heavy (non-hydrogen) atoms. The zero-order valence-electron chi connectivity index (χ0n) is 11.5. The van der Waals surface area contributed by atoms with E-state index < -0.39 is 5.97 Å². The van der Waals surface area contributed by atoms with E-state index in [1.54, 1.807) is 0 Å². The van der Waals surface area contributed by atoms with E-state index in [9.17, 15) is 4.79 Å². The summed E-state index contributed by atoms with van der Waals surface area (Å²) in [6.45, 7) is 5.79. The van der Waals surface area contributed by atoms with E-state index in [-0.39, 0.29) is 5.69 Å². The fourth-order valence-electron chi connectivity index (χ4n) is 1.89. The maximum absolute atomic E-state index is 11.9. The zero-order chi connectivity index (χ0) is 14.4. The Hall–Kier alpha value is -1.74. The Bertz CT molecular complexity index is 485. The Balaban J connectivity index is 3.31. The van der Waals surface area contributed by atoms with Crippen molar-refractivity contribution in [1.29, 1.82) is 5.26 Å². The van der Waals surface area contributed by atoms with Crippen LogP contribution >= 0.6 is 11.3 Å². The molecule has 1 aromatic rings. The summed E-state index contributed by atoms with van der Waals surface area (Å²) in [4.78, 5) is 14.3. The number of thiophene rings is 1. The van der Waals surface area contributed by atoms with Gasteiger partial charge in [0, 0.05) is 13.1 Å². The number of nitrogens with two attached hydrogens (primary N) is 1. The molecule has 0 amide bonds.